The third kappa shape index (κ3) is 5.39. The summed E-state index contributed by atoms with van der Waals surface area (Å²) in [6, 6.07) is 12.9. The fourth-order valence-electron chi connectivity index (χ4n) is 5.22. The van der Waals surface area contributed by atoms with E-state index < -0.39 is 0 Å². The number of rotatable bonds is 8. The summed E-state index contributed by atoms with van der Waals surface area (Å²) in [6.45, 7) is 5.62. The van der Waals surface area contributed by atoms with Gasteiger partial charge in [0.25, 0.3) is 5.91 Å². The Morgan fingerprint density at radius 2 is 1.85 bits per heavy atom. The summed E-state index contributed by atoms with van der Waals surface area (Å²) in [4.78, 5) is 25.8. The van der Waals surface area contributed by atoms with Gasteiger partial charge in [0, 0.05) is 47.9 Å². The number of nitrogens with zero attached hydrogens (tertiary/aromatic N) is 3. The van der Waals surface area contributed by atoms with Crippen LogP contribution in [0.15, 0.2) is 36.4 Å². The molecule has 1 aliphatic carbocycles. The molecule has 2 N–H and O–H groups in total. The number of fused-ring (bicyclic) bond motifs is 1. The first kappa shape index (κ1) is 24.6. The van der Waals surface area contributed by atoms with Gasteiger partial charge in [-0.3, -0.25) is 4.79 Å². The van der Waals surface area contributed by atoms with Crippen LogP contribution in [0.25, 0.3) is 11.0 Å². The van der Waals surface area contributed by atoms with Gasteiger partial charge < -0.3 is 20.1 Å². The first-order valence-electron chi connectivity index (χ1n) is 12.3. The third-order valence-corrected chi connectivity index (χ3v) is 7.38. The molecule has 1 amide bonds. The molecule has 1 heterocycles. The van der Waals surface area contributed by atoms with Crippen molar-refractivity contribution < 1.29 is 4.79 Å². The number of halogens is 1. The molecule has 1 fully saturated rings. The van der Waals surface area contributed by atoms with Crippen molar-refractivity contribution in [3.8, 4) is 0 Å². The van der Waals surface area contributed by atoms with Crippen molar-refractivity contribution >= 4 is 34.2 Å². The molecule has 0 spiro atoms. The van der Waals surface area contributed by atoms with E-state index in [1.807, 2.05) is 37.3 Å². The Morgan fingerprint density at radius 1 is 1.15 bits per heavy atom. The fourth-order valence-corrected chi connectivity index (χ4v) is 5.44. The topological polar surface area (TPSA) is 64.3 Å². The first-order chi connectivity index (χ1) is 16.4. The summed E-state index contributed by atoms with van der Waals surface area (Å²) in [5.41, 5.74) is 4.66. The molecule has 0 aliphatic heterocycles. The minimum atomic E-state index is -0.0928. The number of carbonyl (C=O) groups is 1. The van der Waals surface area contributed by atoms with Crippen molar-refractivity contribution in [3.63, 3.8) is 0 Å². The first-order valence-corrected chi connectivity index (χ1v) is 12.7. The van der Waals surface area contributed by atoms with E-state index in [1.54, 1.807) is 6.07 Å². The van der Waals surface area contributed by atoms with E-state index in [0.717, 1.165) is 47.5 Å². The van der Waals surface area contributed by atoms with Crippen molar-refractivity contribution in [2.45, 2.75) is 58.0 Å². The number of hydrogen-bond acceptors (Lipinski definition) is 4. The van der Waals surface area contributed by atoms with Crippen LogP contribution < -0.4 is 10.2 Å². The van der Waals surface area contributed by atoms with Crippen LogP contribution >= 0.6 is 11.6 Å². The summed E-state index contributed by atoms with van der Waals surface area (Å²) in [7, 11) is 4.34. The van der Waals surface area contributed by atoms with Crippen LogP contribution in [0.4, 0.5) is 5.69 Å². The highest BCUT2D eigenvalue weighted by atomic mass is 35.5. The van der Waals surface area contributed by atoms with Crippen LogP contribution in [-0.2, 0) is 6.42 Å². The summed E-state index contributed by atoms with van der Waals surface area (Å²) in [6.07, 6.45) is 5.35. The zero-order chi connectivity index (χ0) is 24.2. The number of benzene rings is 2. The Balaban J connectivity index is 1.44. The number of carbonyl (C=O) groups excluding carboxylic acids is 1. The van der Waals surface area contributed by atoms with E-state index in [9.17, 15) is 4.79 Å². The quantitative estimate of drug-likeness (QED) is 0.464. The van der Waals surface area contributed by atoms with Crippen LogP contribution in [0.1, 0.15) is 54.4 Å². The normalized spacial score (nSPS) is 18.4. The van der Waals surface area contributed by atoms with Gasteiger partial charge in [-0.2, -0.15) is 0 Å². The van der Waals surface area contributed by atoms with Crippen molar-refractivity contribution in [3.05, 3.63) is 58.4 Å². The Bertz CT molecular complexity index is 1100. The molecule has 7 heteroatoms. The van der Waals surface area contributed by atoms with Gasteiger partial charge in [0.1, 0.15) is 5.82 Å². The monoisotopic (exact) mass is 481 g/mol. The highest BCUT2D eigenvalue weighted by molar-refractivity contribution is 6.31. The average molecular weight is 482 g/mol. The van der Waals surface area contributed by atoms with Crippen molar-refractivity contribution in [1.82, 2.24) is 20.2 Å². The lowest BCUT2D eigenvalue weighted by molar-refractivity contribution is 0.0953. The van der Waals surface area contributed by atoms with E-state index in [0.29, 0.717) is 35.6 Å². The Hall–Kier alpha value is -2.57. The Kier molecular flexibility index (Phi) is 7.79. The second kappa shape index (κ2) is 10.8. The number of H-pyrrole nitrogens is 1. The number of nitrogens with one attached hydrogen (secondary N) is 2. The molecule has 0 atom stereocenters. The van der Waals surface area contributed by atoms with Gasteiger partial charge in [-0.05, 0) is 83.5 Å². The minimum Gasteiger partial charge on any atom is -0.369 e. The summed E-state index contributed by atoms with van der Waals surface area (Å²) >= 11 is 6.52. The second-order valence-corrected chi connectivity index (χ2v) is 9.95. The molecule has 6 nitrogen and oxygen atoms in total. The standard InChI is InChI=1S/C27H36ClN5O/c1-5-33(21-12-10-20(11-13-21)32(3)4)25-17-19(28)16-22(18(25)2)27(34)29-15-14-26-30-23-8-6-7-9-24(23)31-26/h6-9,16-17,20-21H,5,10-15H2,1-4H3,(H,29,34)(H,30,31)/t20-,21-. The molecule has 1 aromatic heterocycles. The van der Waals surface area contributed by atoms with Gasteiger partial charge in [-0.25, -0.2) is 4.98 Å². The molecule has 4 rings (SSSR count). The maximum atomic E-state index is 13.1. The number of para-hydroxylation sites is 2. The lowest BCUT2D eigenvalue weighted by Crippen LogP contribution is -2.42. The molecule has 0 radical (unpaired) electrons. The molecule has 1 aliphatic rings. The van der Waals surface area contributed by atoms with Gasteiger partial charge >= 0.3 is 0 Å². The third-order valence-electron chi connectivity index (χ3n) is 7.16. The summed E-state index contributed by atoms with van der Waals surface area (Å²) in [5.74, 6) is 0.778. The molecule has 182 valence electrons. The van der Waals surface area contributed by atoms with Crippen molar-refractivity contribution in [2.75, 3.05) is 32.1 Å². The van der Waals surface area contributed by atoms with E-state index in [-0.39, 0.29) is 5.91 Å². The smallest absolute Gasteiger partial charge is 0.251 e. The largest absolute Gasteiger partial charge is 0.369 e. The van der Waals surface area contributed by atoms with Gasteiger partial charge in [-0.15, -0.1) is 0 Å². The zero-order valence-electron chi connectivity index (χ0n) is 20.7. The second-order valence-electron chi connectivity index (χ2n) is 9.52. The molecule has 1 saturated carbocycles. The molecule has 0 saturated heterocycles. The molecule has 3 aromatic rings. The maximum Gasteiger partial charge on any atom is 0.251 e. The van der Waals surface area contributed by atoms with Gasteiger partial charge in [0.15, 0.2) is 0 Å². The molecule has 0 unspecified atom stereocenters. The highest BCUT2D eigenvalue weighted by Gasteiger charge is 2.28. The number of hydrogen-bond donors (Lipinski definition) is 2. The predicted molar refractivity (Wildman–Crippen MR) is 141 cm³/mol. The van der Waals surface area contributed by atoms with Crippen LogP contribution in [0.2, 0.25) is 5.02 Å². The zero-order valence-corrected chi connectivity index (χ0v) is 21.5. The molecular weight excluding hydrogens is 446 g/mol. The Labute approximate surface area is 207 Å². The van der Waals surface area contributed by atoms with E-state index in [2.05, 4.69) is 46.1 Å². The maximum absolute atomic E-state index is 13.1. The van der Waals surface area contributed by atoms with E-state index >= 15 is 0 Å². The molecular formula is C27H36ClN5O. The van der Waals surface area contributed by atoms with Crippen LogP contribution in [-0.4, -0.2) is 60.0 Å². The van der Waals surface area contributed by atoms with Gasteiger partial charge in [-0.1, -0.05) is 23.7 Å². The number of anilines is 1. The predicted octanol–water partition coefficient (Wildman–Crippen LogP) is 5.20. The van der Waals surface area contributed by atoms with E-state index in [1.165, 1.54) is 12.8 Å². The summed E-state index contributed by atoms with van der Waals surface area (Å²) < 4.78 is 0. The van der Waals surface area contributed by atoms with Crippen LogP contribution in [0.5, 0.6) is 0 Å². The lowest BCUT2D eigenvalue weighted by Gasteiger charge is -2.40. The fraction of sp³-hybridized carbons (Fsp3) is 0.481. The number of amides is 1. The van der Waals surface area contributed by atoms with Gasteiger partial charge in [0.05, 0.1) is 11.0 Å². The van der Waals surface area contributed by atoms with E-state index in [4.69, 9.17) is 11.6 Å². The minimum absolute atomic E-state index is 0.0928. The number of imidazole rings is 1. The summed E-state index contributed by atoms with van der Waals surface area (Å²) in [5, 5.41) is 3.66. The van der Waals surface area contributed by atoms with Crippen molar-refractivity contribution in [2.24, 2.45) is 0 Å². The molecule has 2 aromatic carbocycles. The SMILES string of the molecule is CCN(c1cc(Cl)cc(C(=O)NCCc2nc3ccccc3[nH]2)c1C)[C@H]1CC[C@H](N(C)C)CC1. The number of aromatic amines is 1. The average Bonchev–Trinajstić information content (AvgIpc) is 3.24. The number of aromatic nitrogens is 2. The Morgan fingerprint density at radius 3 is 2.53 bits per heavy atom. The van der Waals surface area contributed by atoms with Crippen LogP contribution in [0, 0.1) is 6.92 Å². The van der Waals surface area contributed by atoms with Crippen LogP contribution in [0.3, 0.4) is 0 Å². The van der Waals surface area contributed by atoms with Gasteiger partial charge in [0.2, 0.25) is 0 Å². The highest BCUT2D eigenvalue weighted by Crippen LogP contribution is 2.34. The molecule has 34 heavy (non-hydrogen) atoms. The van der Waals surface area contributed by atoms with Crippen molar-refractivity contribution in [1.29, 1.82) is 0 Å². The lowest BCUT2D eigenvalue weighted by atomic mass is 9.89. The molecule has 0 bridgehead atoms.